The number of rotatable bonds is 2. The molecular formula is C21H19N3. The van der Waals surface area contributed by atoms with Crippen molar-refractivity contribution in [3.05, 3.63) is 72.1 Å². The molecule has 0 aliphatic carbocycles. The zero-order valence-corrected chi connectivity index (χ0v) is 14.1. The fraction of sp³-hybridized carbons (Fsp3) is 0.143. The van der Waals surface area contributed by atoms with E-state index in [0.717, 1.165) is 22.8 Å². The van der Waals surface area contributed by atoms with Gasteiger partial charge in [0.2, 0.25) is 0 Å². The van der Waals surface area contributed by atoms with Crippen molar-refractivity contribution in [3.63, 3.8) is 0 Å². The van der Waals surface area contributed by atoms with E-state index in [9.17, 15) is 0 Å². The third kappa shape index (κ3) is 2.58. The van der Waals surface area contributed by atoms with Crippen LogP contribution in [0.4, 0.5) is 0 Å². The largest absolute Gasteiger partial charge is 0.355 e. The highest BCUT2D eigenvalue weighted by atomic mass is 15.0. The molecular weight excluding hydrogens is 294 g/mol. The summed E-state index contributed by atoms with van der Waals surface area (Å²) in [5, 5.41) is 0. The van der Waals surface area contributed by atoms with E-state index in [2.05, 4.69) is 66.3 Å². The van der Waals surface area contributed by atoms with Crippen molar-refractivity contribution in [2.75, 3.05) is 0 Å². The first kappa shape index (κ1) is 14.6. The second kappa shape index (κ2) is 5.60. The molecule has 4 rings (SSSR count). The van der Waals surface area contributed by atoms with Gasteiger partial charge in [-0.05, 0) is 42.2 Å². The van der Waals surface area contributed by atoms with Gasteiger partial charge in [0.15, 0.2) is 5.82 Å². The Labute approximate surface area is 142 Å². The molecule has 0 N–H and O–H groups in total. The van der Waals surface area contributed by atoms with Crippen LogP contribution in [-0.4, -0.2) is 14.5 Å². The maximum absolute atomic E-state index is 4.64. The molecule has 3 heteroatoms. The molecule has 0 saturated heterocycles. The molecule has 2 aromatic rings. The standard InChI is InChI=1S/C21H19N3/c1-14-4-5-18(12-15(14)2)16-6-8-17(9-7-16)21-22-19-10-11-24(3)13-20(19)23-21/h4-13H,1-3H3. The van der Waals surface area contributed by atoms with Crippen LogP contribution in [0.15, 0.2) is 60.9 Å². The Morgan fingerprint density at radius 3 is 2.12 bits per heavy atom. The minimum atomic E-state index is 0.780. The summed E-state index contributed by atoms with van der Waals surface area (Å²) >= 11 is 0. The lowest BCUT2D eigenvalue weighted by Gasteiger charge is -2.06. The van der Waals surface area contributed by atoms with E-state index in [1.165, 1.54) is 22.3 Å². The second-order valence-electron chi connectivity index (χ2n) is 6.30. The Hall–Kier alpha value is -2.94. The molecule has 2 aliphatic heterocycles. The molecule has 0 fully saturated rings. The fourth-order valence-corrected chi connectivity index (χ4v) is 2.87. The topological polar surface area (TPSA) is 30.7 Å². The number of pyridine rings is 1. The quantitative estimate of drug-likeness (QED) is 0.528. The van der Waals surface area contributed by atoms with Crippen LogP contribution in [0, 0.1) is 13.8 Å². The van der Waals surface area contributed by atoms with Crippen LogP contribution in [0.25, 0.3) is 33.9 Å². The van der Waals surface area contributed by atoms with Gasteiger partial charge in [0.25, 0.3) is 0 Å². The molecule has 0 radical (unpaired) electrons. The molecule has 0 saturated carbocycles. The van der Waals surface area contributed by atoms with E-state index in [-0.39, 0.29) is 0 Å². The minimum Gasteiger partial charge on any atom is -0.355 e. The van der Waals surface area contributed by atoms with Crippen LogP contribution in [0.1, 0.15) is 11.1 Å². The summed E-state index contributed by atoms with van der Waals surface area (Å²) in [7, 11) is 1.99. The Morgan fingerprint density at radius 2 is 1.38 bits per heavy atom. The first-order valence-corrected chi connectivity index (χ1v) is 8.08. The molecule has 2 aliphatic rings. The molecule has 0 unspecified atom stereocenters. The van der Waals surface area contributed by atoms with Gasteiger partial charge in [-0.1, -0.05) is 42.5 Å². The molecule has 0 spiro atoms. The Balaban J connectivity index is 1.70. The van der Waals surface area contributed by atoms with E-state index < -0.39 is 0 Å². The maximum atomic E-state index is 4.64. The van der Waals surface area contributed by atoms with Crippen molar-refractivity contribution in [1.29, 1.82) is 0 Å². The molecule has 2 heterocycles. The number of nitrogens with zero attached hydrogens (tertiary/aromatic N) is 3. The van der Waals surface area contributed by atoms with Gasteiger partial charge in [0, 0.05) is 25.0 Å². The Kier molecular flexibility index (Phi) is 3.42. The van der Waals surface area contributed by atoms with Gasteiger partial charge in [-0.2, -0.15) is 0 Å². The summed E-state index contributed by atoms with van der Waals surface area (Å²) < 4.78 is 1.99. The van der Waals surface area contributed by atoms with Crippen molar-refractivity contribution >= 4 is 0 Å². The van der Waals surface area contributed by atoms with E-state index in [4.69, 9.17) is 0 Å². The average molecular weight is 313 g/mol. The molecule has 3 nitrogen and oxygen atoms in total. The number of benzene rings is 2. The van der Waals surface area contributed by atoms with Crippen LogP contribution in [0.2, 0.25) is 0 Å². The van der Waals surface area contributed by atoms with E-state index in [0.29, 0.717) is 0 Å². The summed E-state index contributed by atoms with van der Waals surface area (Å²) in [6.45, 7) is 4.29. The summed E-state index contributed by atoms with van der Waals surface area (Å²) in [5.74, 6) is 0.780. The maximum Gasteiger partial charge on any atom is 0.160 e. The third-order valence-corrected chi connectivity index (χ3v) is 4.49. The lowest BCUT2D eigenvalue weighted by Crippen LogP contribution is -1.90. The number of hydrogen-bond donors (Lipinski definition) is 0. The van der Waals surface area contributed by atoms with Crippen LogP contribution in [0.3, 0.4) is 0 Å². The highest BCUT2D eigenvalue weighted by Gasteiger charge is 2.12. The number of aryl methyl sites for hydroxylation is 3. The average Bonchev–Trinajstić information content (AvgIpc) is 3.00. The lowest BCUT2D eigenvalue weighted by atomic mass is 9.99. The molecule has 0 bridgehead atoms. The van der Waals surface area contributed by atoms with Gasteiger partial charge in [0.1, 0.15) is 5.69 Å². The fourth-order valence-electron chi connectivity index (χ4n) is 2.87. The van der Waals surface area contributed by atoms with Crippen molar-refractivity contribution in [2.45, 2.75) is 13.8 Å². The van der Waals surface area contributed by atoms with Crippen LogP contribution < -0.4 is 0 Å². The van der Waals surface area contributed by atoms with Gasteiger partial charge < -0.3 is 4.57 Å². The van der Waals surface area contributed by atoms with Crippen LogP contribution in [0.5, 0.6) is 0 Å². The molecule has 0 amide bonds. The van der Waals surface area contributed by atoms with Crippen molar-refractivity contribution in [1.82, 2.24) is 14.5 Å². The van der Waals surface area contributed by atoms with Crippen molar-refractivity contribution in [3.8, 4) is 33.9 Å². The molecule has 0 atom stereocenters. The highest BCUT2D eigenvalue weighted by Crippen LogP contribution is 2.27. The molecule has 2 aromatic carbocycles. The van der Waals surface area contributed by atoms with Crippen LogP contribution >= 0.6 is 0 Å². The zero-order chi connectivity index (χ0) is 16.7. The third-order valence-electron chi connectivity index (χ3n) is 4.49. The molecule has 24 heavy (non-hydrogen) atoms. The van der Waals surface area contributed by atoms with Gasteiger partial charge in [-0.3, -0.25) is 0 Å². The van der Waals surface area contributed by atoms with E-state index in [1.807, 2.05) is 30.1 Å². The predicted octanol–water partition coefficient (Wildman–Crippen LogP) is 4.87. The van der Waals surface area contributed by atoms with Gasteiger partial charge in [-0.25, -0.2) is 9.97 Å². The summed E-state index contributed by atoms with van der Waals surface area (Å²) in [5.41, 5.74) is 7.99. The molecule has 118 valence electrons. The van der Waals surface area contributed by atoms with Gasteiger partial charge >= 0.3 is 0 Å². The summed E-state index contributed by atoms with van der Waals surface area (Å²) in [6, 6.07) is 17.0. The summed E-state index contributed by atoms with van der Waals surface area (Å²) in [4.78, 5) is 9.27. The smallest absolute Gasteiger partial charge is 0.160 e. The van der Waals surface area contributed by atoms with Gasteiger partial charge in [0.05, 0.1) is 5.69 Å². The number of aromatic nitrogens is 3. The van der Waals surface area contributed by atoms with Crippen molar-refractivity contribution < 1.29 is 0 Å². The first-order chi connectivity index (χ1) is 11.6. The SMILES string of the molecule is Cc1ccc(-c2ccc(-c3nc4ccn(C)cc-4n3)cc2)cc1C. The minimum absolute atomic E-state index is 0.780. The van der Waals surface area contributed by atoms with E-state index >= 15 is 0 Å². The predicted molar refractivity (Wildman–Crippen MR) is 98.0 cm³/mol. The highest BCUT2D eigenvalue weighted by molar-refractivity contribution is 5.70. The second-order valence-corrected chi connectivity index (χ2v) is 6.30. The van der Waals surface area contributed by atoms with Crippen molar-refractivity contribution in [2.24, 2.45) is 7.05 Å². The number of imidazole rings is 1. The molecule has 0 aromatic heterocycles. The first-order valence-electron chi connectivity index (χ1n) is 8.08. The number of hydrogen-bond acceptors (Lipinski definition) is 2. The van der Waals surface area contributed by atoms with E-state index in [1.54, 1.807) is 0 Å². The van der Waals surface area contributed by atoms with Gasteiger partial charge in [-0.15, -0.1) is 0 Å². The lowest BCUT2D eigenvalue weighted by molar-refractivity contribution is 0.901. The monoisotopic (exact) mass is 313 g/mol. The zero-order valence-electron chi connectivity index (χ0n) is 14.1. The summed E-state index contributed by atoms with van der Waals surface area (Å²) in [6.07, 6.45) is 3.99. The van der Waals surface area contributed by atoms with Crippen LogP contribution in [-0.2, 0) is 7.05 Å². The normalized spacial score (nSPS) is 11.1. The Morgan fingerprint density at radius 1 is 0.708 bits per heavy atom. The Bertz CT molecular complexity index is 980. The number of fused-ring (bicyclic) bond motifs is 1.